The summed E-state index contributed by atoms with van der Waals surface area (Å²) in [5.41, 5.74) is 1.34. The SMILES string of the molecule is CS(=O)(=O)Nc1ccc(-c2ccc(Oc3ccccc3)cc2)cc1C(=O)O. The second kappa shape index (κ2) is 7.51. The van der Waals surface area contributed by atoms with Crippen LogP contribution in [0, 0.1) is 0 Å². The van der Waals surface area contributed by atoms with Gasteiger partial charge < -0.3 is 9.84 Å². The van der Waals surface area contributed by atoms with E-state index in [1.807, 2.05) is 42.5 Å². The van der Waals surface area contributed by atoms with Crippen molar-refractivity contribution >= 4 is 21.7 Å². The first-order valence-electron chi connectivity index (χ1n) is 8.00. The van der Waals surface area contributed by atoms with Crippen LogP contribution in [0.15, 0.2) is 72.8 Å². The fourth-order valence-electron chi connectivity index (χ4n) is 2.53. The Morgan fingerprint density at radius 1 is 0.889 bits per heavy atom. The zero-order chi connectivity index (χ0) is 19.4. The normalized spacial score (nSPS) is 11.0. The summed E-state index contributed by atoms with van der Waals surface area (Å²) in [5.74, 6) is 0.153. The molecule has 3 aromatic rings. The number of carboxylic acids is 1. The highest BCUT2D eigenvalue weighted by molar-refractivity contribution is 7.92. The predicted octanol–water partition coefficient (Wildman–Crippen LogP) is 4.22. The summed E-state index contributed by atoms with van der Waals surface area (Å²) in [4.78, 5) is 11.5. The number of nitrogens with one attached hydrogen (secondary N) is 1. The van der Waals surface area contributed by atoms with Crippen molar-refractivity contribution in [1.29, 1.82) is 0 Å². The summed E-state index contributed by atoms with van der Waals surface area (Å²) in [7, 11) is -3.58. The van der Waals surface area contributed by atoms with Crippen LogP contribution in [-0.4, -0.2) is 25.7 Å². The molecule has 0 radical (unpaired) electrons. The van der Waals surface area contributed by atoms with Gasteiger partial charge in [-0.25, -0.2) is 13.2 Å². The van der Waals surface area contributed by atoms with Crippen molar-refractivity contribution < 1.29 is 23.1 Å². The summed E-state index contributed by atoms with van der Waals surface area (Å²) in [6.07, 6.45) is 0.970. The summed E-state index contributed by atoms with van der Waals surface area (Å²) >= 11 is 0. The molecule has 0 aliphatic heterocycles. The second-order valence-corrected chi connectivity index (χ2v) is 7.63. The van der Waals surface area contributed by atoms with Gasteiger partial charge in [0.15, 0.2) is 0 Å². The molecule has 6 nitrogen and oxygen atoms in total. The Hall–Kier alpha value is -3.32. The van der Waals surface area contributed by atoms with Crippen LogP contribution >= 0.6 is 0 Å². The molecular weight excluding hydrogens is 366 g/mol. The van der Waals surface area contributed by atoms with E-state index >= 15 is 0 Å². The molecular formula is C20H17NO5S. The Labute approximate surface area is 157 Å². The van der Waals surface area contributed by atoms with E-state index in [1.165, 1.54) is 12.1 Å². The van der Waals surface area contributed by atoms with Crippen molar-refractivity contribution in [2.75, 3.05) is 11.0 Å². The molecule has 0 atom stereocenters. The highest BCUT2D eigenvalue weighted by Crippen LogP contribution is 2.29. The highest BCUT2D eigenvalue weighted by atomic mass is 32.2. The van der Waals surface area contributed by atoms with Gasteiger partial charge in [-0.3, -0.25) is 4.72 Å². The molecule has 0 saturated heterocycles. The molecule has 0 saturated carbocycles. The number of ether oxygens (including phenoxy) is 1. The van der Waals surface area contributed by atoms with Gasteiger partial charge in [-0.1, -0.05) is 36.4 Å². The number of para-hydroxylation sites is 1. The van der Waals surface area contributed by atoms with Gasteiger partial charge >= 0.3 is 5.97 Å². The third-order valence-electron chi connectivity index (χ3n) is 3.71. The standard InChI is InChI=1S/C20H17NO5S/c1-27(24,25)21-19-12-9-15(13-18(19)20(22)23)14-7-10-17(11-8-14)26-16-5-3-2-4-6-16/h2-13,21H,1H3,(H,22,23). The Kier molecular flexibility index (Phi) is 5.14. The zero-order valence-corrected chi connectivity index (χ0v) is 15.2. The lowest BCUT2D eigenvalue weighted by molar-refractivity contribution is 0.0698. The highest BCUT2D eigenvalue weighted by Gasteiger charge is 2.14. The molecule has 138 valence electrons. The van der Waals surface area contributed by atoms with Gasteiger partial charge in [0.2, 0.25) is 10.0 Å². The molecule has 0 amide bonds. The van der Waals surface area contributed by atoms with Gasteiger partial charge in [-0.2, -0.15) is 0 Å². The minimum absolute atomic E-state index is 0.0257. The summed E-state index contributed by atoms with van der Waals surface area (Å²) in [6.45, 7) is 0. The van der Waals surface area contributed by atoms with Gasteiger partial charge in [0, 0.05) is 0 Å². The minimum atomic E-state index is -3.58. The fourth-order valence-corrected chi connectivity index (χ4v) is 3.11. The molecule has 3 aromatic carbocycles. The van der Waals surface area contributed by atoms with Gasteiger partial charge in [0.1, 0.15) is 11.5 Å². The van der Waals surface area contributed by atoms with Crippen LogP contribution in [0.2, 0.25) is 0 Å². The molecule has 0 fully saturated rings. The first kappa shape index (κ1) is 18.5. The van der Waals surface area contributed by atoms with E-state index < -0.39 is 16.0 Å². The minimum Gasteiger partial charge on any atom is -0.478 e. The second-order valence-electron chi connectivity index (χ2n) is 5.88. The number of rotatable bonds is 6. The van der Waals surface area contributed by atoms with E-state index in [4.69, 9.17) is 4.74 Å². The lowest BCUT2D eigenvalue weighted by Crippen LogP contribution is -2.13. The van der Waals surface area contributed by atoms with Crippen LogP contribution in [-0.2, 0) is 10.0 Å². The number of hydrogen-bond donors (Lipinski definition) is 2. The van der Waals surface area contributed by atoms with Crippen molar-refractivity contribution in [2.24, 2.45) is 0 Å². The molecule has 0 spiro atoms. The van der Waals surface area contributed by atoms with Gasteiger partial charge in [0.25, 0.3) is 0 Å². The third-order valence-corrected chi connectivity index (χ3v) is 4.30. The van der Waals surface area contributed by atoms with E-state index in [9.17, 15) is 18.3 Å². The van der Waals surface area contributed by atoms with Gasteiger partial charge in [-0.15, -0.1) is 0 Å². The van der Waals surface area contributed by atoms with Crippen LogP contribution in [0.3, 0.4) is 0 Å². The largest absolute Gasteiger partial charge is 0.478 e. The van der Waals surface area contributed by atoms with Crippen LogP contribution in [0.5, 0.6) is 11.5 Å². The van der Waals surface area contributed by atoms with E-state index in [2.05, 4.69) is 4.72 Å². The average Bonchev–Trinajstić information content (AvgIpc) is 2.62. The van der Waals surface area contributed by atoms with Crippen LogP contribution in [0.25, 0.3) is 11.1 Å². The fraction of sp³-hybridized carbons (Fsp3) is 0.0500. The van der Waals surface area contributed by atoms with Crippen molar-refractivity contribution in [2.45, 2.75) is 0 Å². The van der Waals surface area contributed by atoms with E-state index in [0.29, 0.717) is 11.3 Å². The molecule has 0 heterocycles. The number of sulfonamides is 1. The van der Waals surface area contributed by atoms with Crippen LogP contribution in [0.1, 0.15) is 10.4 Å². The summed E-state index contributed by atoms with van der Waals surface area (Å²) in [5, 5.41) is 9.39. The molecule has 3 rings (SSSR count). The monoisotopic (exact) mass is 383 g/mol. The van der Waals surface area contributed by atoms with Gasteiger partial charge in [-0.05, 0) is 47.5 Å². The van der Waals surface area contributed by atoms with E-state index in [-0.39, 0.29) is 11.3 Å². The number of anilines is 1. The predicted molar refractivity (Wildman–Crippen MR) is 104 cm³/mol. The lowest BCUT2D eigenvalue weighted by atomic mass is 10.0. The van der Waals surface area contributed by atoms with Crippen LogP contribution < -0.4 is 9.46 Å². The maximum atomic E-state index is 11.5. The number of aromatic carboxylic acids is 1. The van der Waals surface area contributed by atoms with Crippen LogP contribution in [0.4, 0.5) is 5.69 Å². The first-order valence-corrected chi connectivity index (χ1v) is 9.89. The summed E-state index contributed by atoms with van der Waals surface area (Å²) < 4.78 is 30.8. The molecule has 2 N–H and O–H groups in total. The average molecular weight is 383 g/mol. The van der Waals surface area contributed by atoms with Crippen molar-refractivity contribution in [3.63, 3.8) is 0 Å². The first-order chi connectivity index (χ1) is 12.8. The number of benzene rings is 3. The molecule has 7 heteroatoms. The smallest absolute Gasteiger partial charge is 0.337 e. The zero-order valence-electron chi connectivity index (χ0n) is 14.4. The summed E-state index contributed by atoms with van der Waals surface area (Å²) in [6, 6.07) is 21.1. The van der Waals surface area contributed by atoms with Crippen molar-refractivity contribution in [3.8, 4) is 22.6 Å². The topological polar surface area (TPSA) is 92.7 Å². The Morgan fingerprint density at radius 2 is 1.48 bits per heavy atom. The lowest BCUT2D eigenvalue weighted by Gasteiger charge is -2.11. The molecule has 0 unspecified atom stereocenters. The quantitative estimate of drug-likeness (QED) is 0.665. The number of carbonyl (C=O) groups is 1. The van der Waals surface area contributed by atoms with E-state index in [0.717, 1.165) is 17.6 Å². The van der Waals surface area contributed by atoms with Crippen molar-refractivity contribution in [3.05, 3.63) is 78.4 Å². The Bertz CT molecular complexity index is 1060. The molecule has 0 aliphatic rings. The van der Waals surface area contributed by atoms with Crippen molar-refractivity contribution in [1.82, 2.24) is 0 Å². The molecule has 0 aromatic heterocycles. The van der Waals surface area contributed by atoms with Gasteiger partial charge in [0.05, 0.1) is 17.5 Å². The maximum Gasteiger partial charge on any atom is 0.337 e. The van der Waals surface area contributed by atoms with E-state index in [1.54, 1.807) is 18.2 Å². The number of carboxylic acid groups (broad SMARTS) is 1. The Morgan fingerprint density at radius 3 is 2.07 bits per heavy atom. The molecule has 27 heavy (non-hydrogen) atoms. The number of hydrogen-bond acceptors (Lipinski definition) is 4. The molecule has 0 aliphatic carbocycles. The third kappa shape index (κ3) is 4.86. The molecule has 0 bridgehead atoms. The maximum absolute atomic E-state index is 11.5. The Balaban J connectivity index is 1.87.